The minimum absolute atomic E-state index is 0.407. The van der Waals surface area contributed by atoms with E-state index in [9.17, 15) is 9.59 Å². The van der Waals surface area contributed by atoms with Crippen LogP contribution < -0.4 is 5.73 Å². The van der Waals surface area contributed by atoms with E-state index in [1.54, 1.807) is 18.2 Å². The molecule has 2 fully saturated rings. The van der Waals surface area contributed by atoms with E-state index in [-0.39, 0.29) is 0 Å². The number of hydrogen-bond donors (Lipinski definition) is 1. The van der Waals surface area contributed by atoms with Crippen LogP contribution in [-0.4, -0.2) is 24.1 Å². The standard InChI is InChI=1S/C11H13NO4/c1-2-3-6-8-9(7(15-6)4-5-12)11(14)16-10(8)13/h2-9H,12H2,1H3/b3-2-,5-4-/t6?,7?,8-,9+/m0/s1. The lowest BCUT2D eigenvalue weighted by molar-refractivity contribution is -0.156. The van der Waals surface area contributed by atoms with E-state index < -0.39 is 36.0 Å². The SMILES string of the molecule is C/C=C\C1OC(/C=C\N)[C@H]2C(=O)OC(=O)[C@@H]12. The summed E-state index contributed by atoms with van der Waals surface area (Å²) in [6, 6.07) is 0. The van der Waals surface area contributed by atoms with Crippen LogP contribution in [0.3, 0.4) is 0 Å². The fourth-order valence-corrected chi connectivity index (χ4v) is 2.19. The van der Waals surface area contributed by atoms with E-state index in [1.807, 2.05) is 6.92 Å². The van der Waals surface area contributed by atoms with Gasteiger partial charge in [-0.25, -0.2) is 0 Å². The van der Waals surface area contributed by atoms with Gasteiger partial charge in [-0.2, -0.15) is 0 Å². The van der Waals surface area contributed by atoms with E-state index in [0.29, 0.717) is 0 Å². The Morgan fingerprint density at radius 2 is 1.69 bits per heavy atom. The van der Waals surface area contributed by atoms with Crippen LogP contribution in [-0.2, 0) is 19.1 Å². The first kappa shape index (κ1) is 10.9. The average Bonchev–Trinajstić information content (AvgIpc) is 2.71. The summed E-state index contributed by atoms with van der Waals surface area (Å²) >= 11 is 0. The molecule has 0 saturated carbocycles. The summed E-state index contributed by atoms with van der Waals surface area (Å²) in [6.07, 6.45) is 5.54. The van der Waals surface area contributed by atoms with Crippen LogP contribution in [0.25, 0.3) is 0 Å². The van der Waals surface area contributed by atoms with Gasteiger partial charge in [0.25, 0.3) is 0 Å². The second-order valence-corrected chi connectivity index (χ2v) is 3.77. The first-order chi connectivity index (χ1) is 7.69. The van der Waals surface area contributed by atoms with Crippen LogP contribution in [0.5, 0.6) is 0 Å². The number of nitrogens with two attached hydrogens (primary N) is 1. The zero-order valence-electron chi connectivity index (χ0n) is 8.83. The van der Waals surface area contributed by atoms with Crippen LogP contribution in [0.15, 0.2) is 24.4 Å². The summed E-state index contributed by atoms with van der Waals surface area (Å²) in [6.45, 7) is 1.83. The molecule has 0 aromatic carbocycles. The van der Waals surface area contributed by atoms with E-state index >= 15 is 0 Å². The summed E-state index contributed by atoms with van der Waals surface area (Å²) in [5.41, 5.74) is 5.27. The number of ether oxygens (including phenoxy) is 2. The molecule has 2 heterocycles. The Hall–Kier alpha value is -1.62. The van der Waals surface area contributed by atoms with Gasteiger partial charge in [0.2, 0.25) is 0 Å². The van der Waals surface area contributed by atoms with Crippen molar-refractivity contribution in [1.29, 1.82) is 0 Å². The number of hydrogen-bond acceptors (Lipinski definition) is 5. The quantitative estimate of drug-likeness (QED) is 0.408. The molecular formula is C11H13NO4. The van der Waals surface area contributed by atoms with Crippen molar-refractivity contribution in [3.8, 4) is 0 Å². The van der Waals surface area contributed by atoms with Crippen molar-refractivity contribution in [2.75, 3.05) is 0 Å². The lowest BCUT2D eigenvalue weighted by atomic mass is 9.89. The van der Waals surface area contributed by atoms with Crippen molar-refractivity contribution < 1.29 is 19.1 Å². The number of rotatable bonds is 2. The molecule has 5 nitrogen and oxygen atoms in total. The fourth-order valence-electron chi connectivity index (χ4n) is 2.19. The maximum absolute atomic E-state index is 11.5. The molecule has 0 amide bonds. The van der Waals surface area contributed by atoms with Crippen LogP contribution in [0.2, 0.25) is 0 Å². The predicted octanol–water partition coefficient (Wildman–Crippen LogP) is 0.118. The lowest BCUT2D eigenvalue weighted by Gasteiger charge is -2.10. The van der Waals surface area contributed by atoms with Crippen molar-refractivity contribution in [2.24, 2.45) is 17.6 Å². The van der Waals surface area contributed by atoms with Crippen molar-refractivity contribution in [3.63, 3.8) is 0 Å². The largest absolute Gasteiger partial charge is 0.405 e. The Morgan fingerprint density at radius 3 is 2.19 bits per heavy atom. The Bertz CT molecular complexity index is 340. The van der Waals surface area contributed by atoms with Crippen LogP contribution in [0, 0.1) is 11.8 Å². The number of esters is 2. The maximum Gasteiger partial charge on any atom is 0.320 e. The second-order valence-electron chi connectivity index (χ2n) is 3.77. The van der Waals surface area contributed by atoms with Crippen LogP contribution in [0.1, 0.15) is 6.92 Å². The van der Waals surface area contributed by atoms with E-state index in [1.165, 1.54) is 6.20 Å². The smallest absolute Gasteiger partial charge is 0.320 e. The number of fused-ring (bicyclic) bond motifs is 1. The fraction of sp³-hybridized carbons (Fsp3) is 0.455. The molecule has 16 heavy (non-hydrogen) atoms. The third-order valence-corrected chi connectivity index (χ3v) is 2.84. The van der Waals surface area contributed by atoms with Crippen molar-refractivity contribution in [3.05, 3.63) is 24.4 Å². The minimum atomic E-state index is -0.562. The molecular weight excluding hydrogens is 210 g/mol. The molecule has 0 aromatic heterocycles. The molecule has 2 N–H and O–H groups in total. The first-order valence-corrected chi connectivity index (χ1v) is 5.11. The van der Waals surface area contributed by atoms with E-state index in [0.717, 1.165) is 0 Å². The predicted molar refractivity (Wildman–Crippen MR) is 54.9 cm³/mol. The Labute approximate surface area is 92.9 Å². The number of cyclic esters (lactones) is 2. The Kier molecular flexibility index (Phi) is 2.78. The van der Waals surface area contributed by atoms with Crippen LogP contribution >= 0.6 is 0 Å². The van der Waals surface area contributed by atoms with Gasteiger partial charge in [0, 0.05) is 0 Å². The summed E-state index contributed by atoms with van der Waals surface area (Å²) in [5, 5.41) is 0. The molecule has 2 saturated heterocycles. The van der Waals surface area contributed by atoms with Crippen molar-refractivity contribution in [2.45, 2.75) is 19.1 Å². The monoisotopic (exact) mass is 223 g/mol. The van der Waals surface area contributed by atoms with Gasteiger partial charge in [-0.3, -0.25) is 9.59 Å². The Balaban J connectivity index is 2.30. The van der Waals surface area contributed by atoms with Gasteiger partial charge in [-0.1, -0.05) is 12.2 Å². The number of allylic oxidation sites excluding steroid dienone is 1. The van der Waals surface area contributed by atoms with Gasteiger partial charge >= 0.3 is 11.9 Å². The molecule has 2 rings (SSSR count). The minimum Gasteiger partial charge on any atom is -0.405 e. The topological polar surface area (TPSA) is 78.6 Å². The highest BCUT2D eigenvalue weighted by atomic mass is 16.6. The van der Waals surface area contributed by atoms with Gasteiger partial charge in [0.1, 0.15) is 11.8 Å². The zero-order valence-corrected chi connectivity index (χ0v) is 8.83. The summed E-state index contributed by atoms with van der Waals surface area (Å²) in [7, 11) is 0. The molecule has 2 aliphatic rings. The molecule has 0 spiro atoms. The van der Waals surface area contributed by atoms with Gasteiger partial charge in [0.05, 0.1) is 12.2 Å². The molecule has 4 atom stereocenters. The third kappa shape index (κ3) is 1.53. The molecule has 5 heteroatoms. The number of carbonyl (C=O) groups excluding carboxylic acids is 2. The zero-order chi connectivity index (χ0) is 11.7. The lowest BCUT2D eigenvalue weighted by Crippen LogP contribution is -2.23. The molecule has 0 aliphatic carbocycles. The number of carbonyl (C=O) groups is 2. The van der Waals surface area contributed by atoms with Gasteiger partial charge in [-0.15, -0.1) is 0 Å². The molecule has 0 aromatic rings. The summed E-state index contributed by atoms with van der Waals surface area (Å²) in [5.74, 6) is -2.13. The van der Waals surface area contributed by atoms with E-state index in [4.69, 9.17) is 10.5 Å². The summed E-state index contributed by atoms with van der Waals surface area (Å²) in [4.78, 5) is 23.0. The summed E-state index contributed by atoms with van der Waals surface area (Å²) < 4.78 is 10.2. The highest BCUT2D eigenvalue weighted by Gasteiger charge is 2.57. The normalized spacial score (nSPS) is 38.6. The van der Waals surface area contributed by atoms with Gasteiger partial charge < -0.3 is 15.2 Å². The molecule has 0 radical (unpaired) electrons. The molecule has 86 valence electrons. The highest BCUT2D eigenvalue weighted by molar-refractivity contribution is 5.98. The van der Waals surface area contributed by atoms with Crippen LogP contribution in [0.4, 0.5) is 0 Å². The van der Waals surface area contributed by atoms with Crippen molar-refractivity contribution >= 4 is 11.9 Å². The highest BCUT2D eigenvalue weighted by Crippen LogP contribution is 2.40. The molecule has 2 unspecified atom stereocenters. The average molecular weight is 223 g/mol. The van der Waals surface area contributed by atoms with Crippen molar-refractivity contribution in [1.82, 2.24) is 0 Å². The third-order valence-electron chi connectivity index (χ3n) is 2.84. The second kappa shape index (κ2) is 4.09. The molecule has 2 aliphatic heterocycles. The van der Waals surface area contributed by atoms with Gasteiger partial charge in [0.15, 0.2) is 0 Å². The Morgan fingerprint density at radius 1 is 1.12 bits per heavy atom. The first-order valence-electron chi connectivity index (χ1n) is 5.11. The molecule has 0 bridgehead atoms. The van der Waals surface area contributed by atoms with E-state index in [2.05, 4.69) is 4.74 Å². The maximum atomic E-state index is 11.5. The van der Waals surface area contributed by atoms with Gasteiger partial charge in [-0.05, 0) is 19.2 Å².